The van der Waals surface area contributed by atoms with Gasteiger partial charge in [0, 0.05) is 13.6 Å². The van der Waals surface area contributed by atoms with Crippen molar-refractivity contribution in [2.24, 2.45) is 0 Å². The molecule has 10 heavy (non-hydrogen) atoms. The van der Waals surface area contributed by atoms with Crippen molar-refractivity contribution >= 4 is 0 Å². The van der Waals surface area contributed by atoms with Crippen molar-refractivity contribution in [2.75, 3.05) is 20.6 Å². The van der Waals surface area contributed by atoms with Crippen LogP contribution < -0.4 is 5.17 Å². The van der Waals surface area contributed by atoms with E-state index in [2.05, 4.69) is 6.92 Å². The molecule has 0 aromatic rings. The van der Waals surface area contributed by atoms with Crippen LogP contribution >= 0.6 is 0 Å². The fraction of sp³-hybridized carbons (Fsp3) is 1.00. The van der Waals surface area contributed by atoms with Gasteiger partial charge in [-0.25, -0.2) is 0 Å². The van der Waals surface area contributed by atoms with Crippen LogP contribution in [0.4, 0.5) is 0 Å². The molecule has 0 aromatic heterocycles. The van der Waals surface area contributed by atoms with E-state index in [9.17, 15) is 5.21 Å². The molecule has 0 aromatic carbocycles. The van der Waals surface area contributed by atoms with Crippen LogP contribution in [0.15, 0.2) is 0 Å². The number of hydroxylamine groups is 1. The summed E-state index contributed by atoms with van der Waals surface area (Å²) in [5.74, 6) is 0. The Morgan fingerprint density at radius 3 is 2.40 bits per heavy atom. The quantitative estimate of drug-likeness (QED) is 0.438. The summed E-state index contributed by atoms with van der Waals surface area (Å²) in [6, 6.07) is 0. The van der Waals surface area contributed by atoms with E-state index in [0.717, 1.165) is 13.0 Å². The summed E-state index contributed by atoms with van der Waals surface area (Å²) >= 11 is 0. The second-order valence-corrected chi connectivity index (χ2v) is 2.65. The van der Waals surface area contributed by atoms with E-state index in [1.165, 1.54) is 12.8 Å². The molecule has 0 fully saturated rings. The highest BCUT2D eigenvalue weighted by Crippen LogP contribution is 1.92. The van der Waals surface area contributed by atoms with Crippen molar-refractivity contribution in [3.05, 3.63) is 5.21 Å². The first kappa shape index (κ1) is 9.88. The molecular weight excluding hydrogens is 128 g/mol. The van der Waals surface area contributed by atoms with Gasteiger partial charge in [-0.2, -0.15) is 5.01 Å². The topological polar surface area (TPSA) is 30.7 Å². The van der Waals surface area contributed by atoms with Gasteiger partial charge in [-0.15, -0.1) is 0 Å². The third-order valence-electron chi connectivity index (χ3n) is 1.63. The Labute approximate surface area is 63.2 Å². The zero-order valence-corrected chi connectivity index (χ0v) is 7.18. The van der Waals surface area contributed by atoms with E-state index in [0.29, 0.717) is 0 Å². The predicted molar refractivity (Wildman–Crippen MR) is 42.4 cm³/mol. The second-order valence-electron chi connectivity index (χ2n) is 2.65. The largest absolute Gasteiger partial charge is 0.613 e. The van der Waals surface area contributed by atoms with Crippen LogP contribution in [-0.2, 0) is 0 Å². The fourth-order valence-corrected chi connectivity index (χ4v) is 0.756. The monoisotopic (exact) mass is 146 g/mol. The first-order chi connectivity index (χ1) is 4.68. The van der Waals surface area contributed by atoms with Crippen LogP contribution in [0, 0.1) is 5.21 Å². The van der Waals surface area contributed by atoms with E-state index in [1.807, 2.05) is 7.05 Å². The van der Waals surface area contributed by atoms with Gasteiger partial charge < -0.3 is 5.21 Å². The number of hydrogen-bond donors (Lipinski definition) is 1. The highest BCUT2D eigenvalue weighted by Gasteiger charge is 1.98. The highest BCUT2D eigenvalue weighted by molar-refractivity contribution is 4.39. The lowest BCUT2D eigenvalue weighted by atomic mass is 10.2. The third kappa shape index (κ3) is 4.73. The van der Waals surface area contributed by atoms with Gasteiger partial charge in [0.15, 0.2) is 0 Å². The molecule has 0 amide bonds. The fourth-order valence-electron chi connectivity index (χ4n) is 0.756. The van der Waals surface area contributed by atoms with Gasteiger partial charge in [0.05, 0.1) is 7.05 Å². The summed E-state index contributed by atoms with van der Waals surface area (Å²) < 4.78 is 0. The maximum Gasteiger partial charge on any atom is 0.0841 e. The molecule has 0 heterocycles. The summed E-state index contributed by atoms with van der Waals surface area (Å²) in [5.41, 5.74) is 0. The summed E-state index contributed by atoms with van der Waals surface area (Å²) in [6.45, 7) is 3.07. The third-order valence-corrected chi connectivity index (χ3v) is 1.63. The summed E-state index contributed by atoms with van der Waals surface area (Å²) in [6.07, 6.45) is 3.57. The van der Waals surface area contributed by atoms with Gasteiger partial charge in [0.25, 0.3) is 0 Å². The maximum absolute atomic E-state index is 10.7. The Bertz CT molecular complexity index is 76.0. The lowest BCUT2D eigenvalue weighted by Gasteiger charge is -2.26. The van der Waals surface area contributed by atoms with E-state index >= 15 is 0 Å². The van der Waals surface area contributed by atoms with Crippen molar-refractivity contribution in [2.45, 2.75) is 26.2 Å². The number of nitrogens with zero attached hydrogens (tertiary/aromatic N) is 1. The minimum absolute atomic E-state index is 0.163. The SMILES string of the molecule is CCCCCN(C)[NH+](C)[O-]. The van der Waals surface area contributed by atoms with Gasteiger partial charge in [0.2, 0.25) is 0 Å². The van der Waals surface area contributed by atoms with Crippen LogP contribution in [0.2, 0.25) is 0 Å². The maximum atomic E-state index is 10.7. The van der Waals surface area contributed by atoms with E-state index < -0.39 is 0 Å². The molecule has 0 rings (SSSR count). The highest BCUT2D eigenvalue weighted by atomic mass is 16.5. The molecule has 0 saturated carbocycles. The molecule has 0 radical (unpaired) electrons. The summed E-state index contributed by atoms with van der Waals surface area (Å²) in [4.78, 5) is 0. The van der Waals surface area contributed by atoms with Crippen molar-refractivity contribution < 1.29 is 5.17 Å². The first-order valence-corrected chi connectivity index (χ1v) is 3.90. The molecule has 3 heteroatoms. The normalized spacial score (nSPS) is 14.1. The van der Waals surface area contributed by atoms with Crippen LogP contribution in [-0.4, -0.2) is 25.6 Å². The molecule has 0 aliphatic carbocycles. The smallest absolute Gasteiger partial charge is 0.0841 e. The van der Waals surface area contributed by atoms with Crippen LogP contribution in [0.5, 0.6) is 0 Å². The zero-order valence-electron chi connectivity index (χ0n) is 7.18. The zero-order chi connectivity index (χ0) is 7.98. The molecule has 62 valence electrons. The number of rotatable bonds is 5. The Morgan fingerprint density at radius 1 is 1.40 bits per heavy atom. The predicted octanol–water partition coefficient (Wildman–Crippen LogP) is 0.0359. The molecule has 1 N–H and O–H groups in total. The molecule has 0 bridgehead atoms. The van der Waals surface area contributed by atoms with Gasteiger partial charge in [-0.3, -0.25) is 5.17 Å². The van der Waals surface area contributed by atoms with Crippen LogP contribution in [0.1, 0.15) is 26.2 Å². The summed E-state index contributed by atoms with van der Waals surface area (Å²) in [5, 5.41) is 12.6. The van der Waals surface area contributed by atoms with Gasteiger partial charge in [-0.1, -0.05) is 19.8 Å². The van der Waals surface area contributed by atoms with Crippen molar-refractivity contribution in [1.29, 1.82) is 0 Å². The molecule has 0 aliphatic rings. The van der Waals surface area contributed by atoms with Crippen molar-refractivity contribution in [1.82, 2.24) is 5.01 Å². The molecule has 3 nitrogen and oxygen atoms in total. The summed E-state index contributed by atoms with van der Waals surface area (Å²) in [7, 11) is 3.45. The van der Waals surface area contributed by atoms with Gasteiger partial charge >= 0.3 is 0 Å². The molecule has 0 saturated heterocycles. The number of quaternary nitrogens is 1. The number of nitrogens with one attached hydrogen (secondary N) is 1. The number of unbranched alkanes of at least 4 members (excludes halogenated alkanes) is 2. The van der Waals surface area contributed by atoms with Crippen molar-refractivity contribution in [3.63, 3.8) is 0 Å². The minimum atomic E-state index is 0.163. The van der Waals surface area contributed by atoms with Crippen LogP contribution in [0.25, 0.3) is 0 Å². The minimum Gasteiger partial charge on any atom is -0.613 e. The molecular formula is C7H18N2O. The Kier molecular flexibility index (Phi) is 5.58. The van der Waals surface area contributed by atoms with Gasteiger partial charge in [0.1, 0.15) is 0 Å². The average molecular weight is 146 g/mol. The standard InChI is InChI=1S/C7H18N2O/c1-4-5-6-7-8(2)9(3)10/h9H,4-7H2,1-3H3. The molecule has 1 unspecified atom stereocenters. The lowest BCUT2D eigenvalue weighted by Crippen LogP contribution is -3.10. The second kappa shape index (κ2) is 5.65. The van der Waals surface area contributed by atoms with E-state index in [1.54, 1.807) is 12.1 Å². The van der Waals surface area contributed by atoms with Crippen LogP contribution in [0.3, 0.4) is 0 Å². The lowest BCUT2D eigenvalue weighted by molar-refractivity contribution is -0.950. The average Bonchev–Trinajstić information content (AvgIpc) is 1.88. The molecule has 0 aliphatic heterocycles. The van der Waals surface area contributed by atoms with E-state index in [4.69, 9.17) is 0 Å². The Morgan fingerprint density at radius 2 is 2.00 bits per heavy atom. The Balaban J connectivity index is 3.13. The van der Waals surface area contributed by atoms with E-state index in [-0.39, 0.29) is 5.17 Å². The molecule has 1 atom stereocenters. The first-order valence-electron chi connectivity index (χ1n) is 3.90. The van der Waals surface area contributed by atoms with Crippen molar-refractivity contribution in [3.8, 4) is 0 Å². The molecule has 0 spiro atoms. The number of hydrogen-bond acceptors (Lipinski definition) is 2. The Hall–Kier alpha value is -0.120. The van der Waals surface area contributed by atoms with Gasteiger partial charge in [-0.05, 0) is 6.42 Å².